The third kappa shape index (κ3) is 1.94. The predicted octanol–water partition coefficient (Wildman–Crippen LogP) is 3.61. The van der Waals surface area contributed by atoms with Crippen LogP contribution in [-0.4, -0.2) is 15.1 Å². The molecule has 90 valence electrons. The molecule has 2 aromatic heterocycles. The van der Waals surface area contributed by atoms with E-state index in [1.807, 2.05) is 24.3 Å². The molecule has 0 atom stereocenters. The molecule has 0 fully saturated rings. The minimum atomic E-state index is 0.0273. The van der Waals surface area contributed by atoms with Gasteiger partial charge in [-0.05, 0) is 18.2 Å². The second-order valence-electron chi connectivity index (χ2n) is 3.78. The van der Waals surface area contributed by atoms with Gasteiger partial charge in [0.05, 0.1) is 17.0 Å². The monoisotopic (exact) mass is 320 g/mol. The lowest BCUT2D eigenvalue weighted by atomic mass is 10.1. The van der Waals surface area contributed by atoms with Gasteiger partial charge in [-0.3, -0.25) is 4.98 Å². The normalized spacial score (nSPS) is 11.0. The van der Waals surface area contributed by atoms with Crippen molar-refractivity contribution in [1.82, 2.24) is 9.97 Å². The summed E-state index contributed by atoms with van der Waals surface area (Å²) in [6.45, 7) is 0.0273. The fraction of sp³-hybridized carbons (Fsp3) is 0.0769. The SMILES string of the molecule is OCc1cnc(-c2ccc(Br)c3cccnc23)s1. The van der Waals surface area contributed by atoms with E-state index >= 15 is 0 Å². The van der Waals surface area contributed by atoms with E-state index in [-0.39, 0.29) is 6.61 Å². The second-order valence-corrected chi connectivity index (χ2v) is 5.75. The Balaban J connectivity index is 2.26. The summed E-state index contributed by atoms with van der Waals surface area (Å²) in [5.41, 5.74) is 1.92. The first-order valence-electron chi connectivity index (χ1n) is 5.39. The molecule has 3 nitrogen and oxygen atoms in total. The zero-order valence-electron chi connectivity index (χ0n) is 9.30. The lowest BCUT2D eigenvalue weighted by Crippen LogP contribution is -1.84. The summed E-state index contributed by atoms with van der Waals surface area (Å²) >= 11 is 5.02. The first kappa shape index (κ1) is 11.8. The molecule has 0 aliphatic heterocycles. The van der Waals surface area contributed by atoms with Gasteiger partial charge in [-0.2, -0.15) is 0 Å². The van der Waals surface area contributed by atoms with Crippen LogP contribution in [0.5, 0.6) is 0 Å². The van der Waals surface area contributed by atoms with Gasteiger partial charge in [-0.25, -0.2) is 4.98 Å². The standard InChI is InChI=1S/C13H9BrN2OS/c14-11-4-3-10(12-9(11)2-1-5-15-12)13-16-6-8(7-17)18-13/h1-6,17H,7H2. The summed E-state index contributed by atoms with van der Waals surface area (Å²) < 4.78 is 1.02. The van der Waals surface area contributed by atoms with Gasteiger partial charge >= 0.3 is 0 Å². The second kappa shape index (κ2) is 4.76. The Morgan fingerprint density at radius 3 is 2.89 bits per heavy atom. The average molecular weight is 321 g/mol. The highest BCUT2D eigenvalue weighted by Gasteiger charge is 2.10. The van der Waals surface area contributed by atoms with Crippen LogP contribution in [0.15, 0.2) is 41.1 Å². The Morgan fingerprint density at radius 1 is 1.22 bits per heavy atom. The summed E-state index contributed by atoms with van der Waals surface area (Å²) in [5, 5.41) is 11.1. The summed E-state index contributed by atoms with van der Waals surface area (Å²) in [5.74, 6) is 0. The van der Waals surface area contributed by atoms with E-state index in [0.29, 0.717) is 0 Å². The number of aliphatic hydroxyl groups excluding tert-OH is 1. The Kier molecular flexibility index (Phi) is 3.11. The summed E-state index contributed by atoms with van der Waals surface area (Å²) in [6, 6.07) is 7.94. The van der Waals surface area contributed by atoms with E-state index in [1.165, 1.54) is 11.3 Å². The number of pyridine rings is 1. The minimum Gasteiger partial charge on any atom is -0.391 e. The number of fused-ring (bicyclic) bond motifs is 1. The first-order valence-corrected chi connectivity index (χ1v) is 6.99. The van der Waals surface area contributed by atoms with E-state index < -0.39 is 0 Å². The van der Waals surface area contributed by atoms with Crippen molar-refractivity contribution < 1.29 is 5.11 Å². The molecule has 5 heteroatoms. The molecule has 2 heterocycles. The van der Waals surface area contributed by atoms with Crippen molar-refractivity contribution >= 4 is 38.2 Å². The molecule has 0 aliphatic rings. The van der Waals surface area contributed by atoms with Gasteiger partial charge in [0.1, 0.15) is 5.01 Å². The minimum absolute atomic E-state index is 0.0273. The molecule has 0 saturated heterocycles. The van der Waals surface area contributed by atoms with Crippen LogP contribution in [0.2, 0.25) is 0 Å². The van der Waals surface area contributed by atoms with Gasteiger partial charge in [-0.1, -0.05) is 22.0 Å². The van der Waals surface area contributed by atoms with E-state index in [0.717, 1.165) is 30.8 Å². The van der Waals surface area contributed by atoms with Crippen LogP contribution in [-0.2, 0) is 6.61 Å². The largest absolute Gasteiger partial charge is 0.391 e. The van der Waals surface area contributed by atoms with E-state index in [4.69, 9.17) is 5.11 Å². The van der Waals surface area contributed by atoms with Crippen LogP contribution in [0.4, 0.5) is 0 Å². The Bertz CT molecular complexity index is 711. The number of halogens is 1. The van der Waals surface area contributed by atoms with Crippen LogP contribution in [0.3, 0.4) is 0 Å². The molecule has 0 spiro atoms. The molecule has 0 bridgehead atoms. The highest BCUT2D eigenvalue weighted by molar-refractivity contribution is 9.10. The van der Waals surface area contributed by atoms with Crippen molar-refractivity contribution in [3.8, 4) is 10.6 Å². The molecule has 1 N–H and O–H groups in total. The van der Waals surface area contributed by atoms with Crippen molar-refractivity contribution in [1.29, 1.82) is 0 Å². The number of rotatable bonds is 2. The van der Waals surface area contributed by atoms with Crippen LogP contribution in [0.25, 0.3) is 21.5 Å². The maximum Gasteiger partial charge on any atom is 0.125 e. The zero-order chi connectivity index (χ0) is 12.5. The molecular weight excluding hydrogens is 312 g/mol. The van der Waals surface area contributed by atoms with Gasteiger partial charge < -0.3 is 5.11 Å². The predicted molar refractivity (Wildman–Crippen MR) is 76.5 cm³/mol. The quantitative estimate of drug-likeness (QED) is 0.784. The number of hydrogen-bond acceptors (Lipinski definition) is 4. The number of hydrogen-bond donors (Lipinski definition) is 1. The summed E-state index contributed by atoms with van der Waals surface area (Å²) in [7, 11) is 0. The fourth-order valence-corrected chi connectivity index (χ4v) is 3.07. The Hall–Kier alpha value is -1.30. The van der Waals surface area contributed by atoms with Crippen molar-refractivity contribution in [2.75, 3.05) is 0 Å². The number of aliphatic hydroxyl groups is 1. The molecule has 3 rings (SSSR count). The molecule has 18 heavy (non-hydrogen) atoms. The van der Waals surface area contributed by atoms with E-state index in [1.54, 1.807) is 12.4 Å². The number of benzene rings is 1. The van der Waals surface area contributed by atoms with E-state index in [2.05, 4.69) is 25.9 Å². The third-order valence-electron chi connectivity index (χ3n) is 2.66. The summed E-state index contributed by atoms with van der Waals surface area (Å²) in [6.07, 6.45) is 3.48. The lowest BCUT2D eigenvalue weighted by molar-refractivity contribution is 0.285. The smallest absolute Gasteiger partial charge is 0.125 e. The maximum atomic E-state index is 9.10. The fourth-order valence-electron chi connectivity index (χ4n) is 1.82. The zero-order valence-corrected chi connectivity index (χ0v) is 11.7. The average Bonchev–Trinajstić information content (AvgIpc) is 2.88. The molecule has 0 unspecified atom stereocenters. The lowest BCUT2D eigenvalue weighted by Gasteiger charge is -2.04. The van der Waals surface area contributed by atoms with Crippen LogP contribution < -0.4 is 0 Å². The van der Waals surface area contributed by atoms with Crippen LogP contribution in [0.1, 0.15) is 4.88 Å². The van der Waals surface area contributed by atoms with Gasteiger partial charge in [0.15, 0.2) is 0 Å². The van der Waals surface area contributed by atoms with Gasteiger partial charge in [0.25, 0.3) is 0 Å². The highest BCUT2D eigenvalue weighted by atomic mass is 79.9. The highest BCUT2D eigenvalue weighted by Crippen LogP contribution is 2.33. The number of aromatic nitrogens is 2. The molecule has 0 aliphatic carbocycles. The molecule has 3 aromatic rings. The topological polar surface area (TPSA) is 46.0 Å². The molecule has 0 amide bonds. The van der Waals surface area contributed by atoms with Crippen molar-refractivity contribution in [2.45, 2.75) is 6.61 Å². The van der Waals surface area contributed by atoms with Gasteiger partial charge in [0, 0.05) is 27.8 Å². The van der Waals surface area contributed by atoms with Gasteiger partial charge in [-0.15, -0.1) is 11.3 Å². The van der Waals surface area contributed by atoms with Crippen LogP contribution in [0, 0.1) is 0 Å². The molecular formula is C13H9BrN2OS. The Labute approximate surface area is 116 Å². The number of thiazole rings is 1. The first-order chi connectivity index (χ1) is 8.79. The molecule has 0 radical (unpaired) electrons. The van der Waals surface area contributed by atoms with Crippen molar-refractivity contribution in [3.05, 3.63) is 46.0 Å². The van der Waals surface area contributed by atoms with Crippen LogP contribution >= 0.6 is 27.3 Å². The van der Waals surface area contributed by atoms with Crippen molar-refractivity contribution in [2.24, 2.45) is 0 Å². The third-order valence-corrected chi connectivity index (χ3v) is 4.36. The van der Waals surface area contributed by atoms with E-state index in [9.17, 15) is 0 Å². The summed E-state index contributed by atoms with van der Waals surface area (Å²) in [4.78, 5) is 9.63. The Morgan fingerprint density at radius 2 is 2.11 bits per heavy atom. The maximum absolute atomic E-state index is 9.10. The molecule has 1 aromatic carbocycles. The van der Waals surface area contributed by atoms with Crippen molar-refractivity contribution in [3.63, 3.8) is 0 Å². The number of nitrogens with zero attached hydrogens (tertiary/aromatic N) is 2. The van der Waals surface area contributed by atoms with Gasteiger partial charge in [0.2, 0.25) is 0 Å². The molecule has 0 saturated carbocycles.